The second-order valence-electron chi connectivity index (χ2n) is 0.250. The van der Waals surface area contributed by atoms with Crippen molar-refractivity contribution in [3.63, 3.8) is 0 Å². The normalized spacial score (nSPS) is 4.00. The van der Waals surface area contributed by atoms with Gasteiger partial charge in [0.25, 0.3) is 0 Å². The number of carboxylic acid groups (broad SMARTS) is 2. The minimum atomic E-state index is -2.33. The van der Waals surface area contributed by atoms with Crippen LogP contribution in [0.3, 0.4) is 0 Å². The molecule has 0 amide bonds. The molecule has 0 bridgehead atoms. The van der Waals surface area contributed by atoms with Crippen molar-refractivity contribution >= 4 is 6.16 Å². The Morgan fingerprint density at radius 1 is 1.33 bits per heavy atom. The summed E-state index contributed by atoms with van der Waals surface area (Å²) in [5.74, 6) is 0. The van der Waals surface area contributed by atoms with E-state index in [0.29, 0.717) is 0 Å². The van der Waals surface area contributed by atoms with Crippen molar-refractivity contribution < 1.29 is 32.1 Å². The number of hydrogen-bond acceptors (Lipinski definition) is 3. The van der Waals surface area contributed by atoms with Gasteiger partial charge in [0, 0.05) is 17.1 Å². The Kier molecular flexibility index (Phi) is 25.3. The zero-order valence-electron chi connectivity index (χ0n) is 3.10. The molecule has 0 aromatic carbocycles. The van der Waals surface area contributed by atoms with Gasteiger partial charge in [0.15, 0.2) is 0 Å². The summed E-state index contributed by atoms with van der Waals surface area (Å²) >= 11 is 0. The largest absolute Gasteiger partial charge is 0.652 e. The van der Waals surface area contributed by atoms with E-state index in [1.54, 1.807) is 0 Å². The van der Waals surface area contributed by atoms with Crippen LogP contribution >= 0.6 is 0 Å². The van der Waals surface area contributed by atoms with E-state index in [9.17, 15) is 0 Å². The average Bonchev–Trinajstić information content (AvgIpc) is 0.811. The van der Waals surface area contributed by atoms with Gasteiger partial charge in [-0.25, -0.2) is 0 Å². The number of rotatable bonds is 0. The minimum Gasteiger partial charge on any atom is -0.652 e. The quantitative estimate of drug-likeness (QED) is 0.384. The maximum atomic E-state index is 8.33. The standard InChI is InChI=1S/CH2O3.Mn.H3N/c2-1(3)4;;/h(H2,2,3,4);;1H3/p-1. The molecule has 1 radical (unpaired) electrons. The third-order valence-electron chi connectivity index (χ3n) is 0. The van der Waals surface area contributed by atoms with Crippen molar-refractivity contribution in [3.8, 4) is 0 Å². The van der Waals surface area contributed by atoms with Gasteiger partial charge >= 0.3 is 0 Å². The van der Waals surface area contributed by atoms with Gasteiger partial charge in [0.05, 0.1) is 0 Å². The van der Waals surface area contributed by atoms with E-state index in [-0.39, 0.29) is 23.2 Å². The van der Waals surface area contributed by atoms with Crippen LogP contribution in [0.25, 0.3) is 0 Å². The Bertz CT molecular complexity index is 33.8. The zero-order valence-corrected chi connectivity index (χ0v) is 4.28. The van der Waals surface area contributed by atoms with Gasteiger partial charge < -0.3 is 21.2 Å². The summed E-state index contributed by atoms with van der Waals surface area (Å²) in [6, 6.07) is 0. The molecule has 4 N–H and O–H groups in total. The van der Waals surface area contributed by atoms with E-state index in [1.807, 2.05) is 0 Å². The van der Waals surface area contributed by atoms with Crippen molar-refractivity contribution in [3.05, 3.63) is 0 Å². The molecule has 0 aromatic rings. The molecule has 0 aliphatic heterocycles. The van der Waals surface area contributed by atoms with E-state index < -0.39 is 6.16 Å². The fourth-order valence-electron chi connectivity index (χ4n) is 0. The van der Waals surface area contributed by atoms with Crippen LogP contribution in [0, 0.1) is 0 Å². The SMILES string of the molecule is O=C([O-])[O-].[Mn].[NH4+]. The molecule has 0 atom stereocenters. The Labute approximate surface area is 45.2 Å². The van der Waals surface area contributed by atoms with Gasteiger partial charge in [-0.1, -0.05) is 0 Å². The molecule has 0 unspecified atom stereocenters. The minimum absolute atomic E-state index is 0. The number of carbonyl (C=O) groups excluding carboxylic acids is 1. The summed E-state index contributed by atoms with van der Waals surface area (Å²) < 4.78 is 0. The van der Waals surface area contributed by atoms with Crippen molar-refractivity contribution in [2.24, 2.45) is 0 Å². The maximum absolute atomic E-state index is 8.33. The smallest absolute Gasteiger partial charge is 0 e. The van der Waals surface area contributed by atoms with Gasteiger partial charge in [0.2, 0.25) is 0 Å². The van der Waals surface area contributed by atoms with E-state index in [0.717, 1.165) is 0 Å². The van der Waals surface area contributed by atoms with Crippen LogP contribution in [0.5, 0.6) is 0 Å². The van der Waals surface area contributed by atoms with Crippen LogP contribution in [0.4, 0.5) is 4.79 Å². The van der Waals surface area contributed by atoms with Crippen LogP contribution < -0.4 is 16.4 Å². The number of hydrogen-bond donors (Lipinski definition) is 1. The van der Waals surface area contributed by atoms with Crippen LogP contribution in [-0.4, -0.2) is 6.16 Å². The molecule has 0 aliphatic rings. The van der Waals surface area contributed by atoms with E-state index in [1.165, 1.54) is 0 Å². The van der Waals surface area contributed by atoms with Crippen LogP contribution in [0.1, 0.15) is 0 Å². The predicted octanol–water partition coefficient (Wildman–Crippen LogP) is -2.07. The Balaban J connectivity index is -0.0000000450. The first-order valence-corrected chi connectivity index (χ1v) is 0.612. The summed E-state index contributed by atoms with van der Waals surface area (Å²) in [7, 11) is 0. The summed E-state index contributed by atoms with van der Waals surface area (Å²) in [6.45, 7) is 0. The Morgan fingerprint density at radius 3 is 1.33 bits per heavy atom. The van der Waals surface area contributed by atoms with Gasteiger partial charge in [-0.2, -0.15) is 0 Å². The molecule has 0 saturated carbocycles. The molecular weight excluding hydrogens is 129 g/mol. The fourth-order valence-corrected chi connectivity index (χ4v) is 0. The molecule has 0 spiro atoms. The van der Waals surface area contributed by atoms with Crippen LogP contribution in [0.2, 0.25) is 0 Å². The first-order valence-electron chi connectivity index (χ1n) is 0.612. The second kappa shape index (κ2) is 8.83. The van der Waals surface area contributed by atoms with Crippen molar-refractivity contribution in [1.82, 2.24) is 6.15 Å². The fraction of sp³-hybridized carbons (Fsp3) is 0. The molecule has 0 fully saturated rings. The van der Waals surface area contributed by atoms with Gasteiger partial charge in [-0.3, -0.25) is 0 Å². The van der Waals surface area contributed by atoms with E-state index in [4.69, 9.17) is 15.0 Å². The average molecular weight is 133 g/mol. The van der Waals surface area contributed by atoms with Gasteiger partial charge in [-0.15, -0.1) is 0 Å². The Hall–Kier alpha value is -0.251. The van der Waals surface area contributed by atoms with E-state index >= 15 is 0 Å². The topological polar surface area (TPSA) is 99.7 Å². The third-order valence-corrected chi connectivity index (χ3v) is 0. The monoisotopic (exact) mass is 133 g/mol. The van der Waals surface area contributed by atoms with Crippen molar-refractivity contribution in [2.45, 2.75) is 0 Å². The van der Waals surface area contributed by atoms with Gasteiger partial charge in [0.1, 0.15) is 0 Å². The third kappa shape index (κ3) is 452. The van der Waals surface area contributed by atoms with Gasteiger partial charge in [-0.05, 0) is 6.16 Å². The summed E-state index contributed by atoms with van der Waals surface area (Å²) in [6.07, 6.45) is -2.33. The summed E-state index contributed by atoms with van der Waals surface area (Å²) in [5.41, 5.74) is 0. The first kappa shape index (κ1) is 17.2. The molecule has 0 rings (SSSR count). The van der Waals surface area contributed by atoms with Crippen LogP contribution in [-0.2, 0) is 17.1 Å². The molecule has 0 saturated heterocycles. The van der Waals surface area contributed by atoms with E-state index in [2.05, 4.69) is 0 Å². The Morgan fingerprint density at radius 2 is 1.33 bits per heavy atom. The molecular formula is CH4MnNO3-. The number of carbonyl (C=O) groups is 1. The first-order chi connectivity index (χ1) is 1.73. The molecule has 0 heterocycles. The zero-order chi connectivity index (χ0) is 3.58. The van der Waals surface area contributed by atoms with Crippen LogP contribution in [0.15, 0.2) is 0 Å². The molecule has 39 valence electrons. The molecule has 6 heavy (non-hydrogen) atoms. The summed E-state index contributed by atoms with van der Waals surface area (Å²) in [5, 5.41) is 16.7. The maximum Gasteiger partial charge on any atom is 0 e. The molecule has 5 heteroatoms. The predicted molar refractivity (Wildman–Crippen MR) is 11.4 cm³/mol. The molecule has 0 aromatic heterocycles. The summed E-state index contributed by atoms with van der Waals surface area (Å²) in [4.78, 5) is 8.33. The number of quaternary nitrogens is 1. The van der Waals surface area contributed by atoms with Crippen molar-refractivity contribution in [2.75, 3.05) is 0 Å². The second-order valence-corrected chi connectivity index (χ2v) is 0.250. The van der Waals surface area contributed by atoms with Crippen molar-refractivity contribution in [1.29, 1.82) is 0 Å². The molecule has 4 nitrogen and oxygen atoms in total. The molecule has 0 aliphatic carbocycles.